The van der Waals surface area contributed by atoms with Crippen molar-refractivity contribution in [2.24, 2.45) is 0 Å². The van der Waals surface area contributed by atoms with E-state index in [1.807, 2.05) is 0 Å². The number of nitrogens with one attached hydrogen (secondary N) is 1. The van der Waals surface area contributed by atoms with Gasteiger partial charge in [-0.2, -0.15) is 0 Å². The second-order valence-electron chi connectivity index (χ2n) is 5.41. The van der Waals surface area contributed by atoms with E-state index in [1.165, 1.54) is 41.0 Å². The molecule has 0 aromatic heterocycles. The molecule has 0 heterocycles. The minimum atomic E-state index is 0.318. The Balaban J connectivity index is 2.04. The first-order chi connectivity index (χ1) is 10.2. The van der Waals surface area contributed by atoms with E-state index in [0.29, 0.717) is 6.04 Å². The summed E-state index contributed by atoms with van der Waals surface area (Å²) >= 11 is 1.78. The van der Waals surface area contributed by atoms with Crippen molar-refractivity contribution in [1.82, 2.24) is 0 Å². The van der Waals surface area contributed by atoms with Gasteiger partial charge in [-0.1, -0.05) is 49.7 Å². The van der Waals surface area contributed by atoms with Crippen LogP contribution in [-0.4, -0.2) is 6.26 Å². The average Bonchev–Trinajstić information content (AvgIpc) is 2.54. The topological polar surface area (TPSA) is 12.0 Å². The monoisotopic (exact) mass is 299 g/mol. The lowest BCUT2D eigenvalue weighted by Gasteiger charge is -2.18. The normalized spacial score (nSPS) is 12.1. The number of thioether (sulfide) groups is 1. The number of anilines is 1. The third-order valence-electron chi connectivity index (χ3n) is 3.78. The standard InChI is InChI=1S/C19H25NS/c1-4-5-8-16-11-13-17(14-12-16)15(2)20-18-9-6-7-10-19(18)21-3/h6-7,9-15,20H,4-5,8H2,1-3H3. The van der Waals surface area contributed by atoms with Gasteiger partial charge in [0, 0.05) is 16.6 Å². The highest BCUT2D eigenvalue weighted by molar-refractivity contribution is 7.98. The summed E-state index contributed by atoms with van der Waals surface area (Å²) in [6, 6.07) is 17.8. The molecule has 0 aliphatic rings. The van der Waals surface area contributed by atoms with E-state index in [9.17, 15) is 0 Å². The zero-order chi connectivity index (χ0) is 15.1. The first-order valence-electron chi connectivity index (χ1n) is 7.73. The summed E-state index contributed by atoms with van der Waals surface area (Å²) in [6.07, 6.45) is 5.83. The molecular weight excluding hydrogens is 274 g/mol. The molecule has 1 unspecified atom stereocenters. The molecule has 0 aliphatic heterocycles. The molecule has 0 amide bonds. The summed E-state index contributed by atoms with van der Waals surface area (Å²) in [5, 5.41) is 3.62. The predicted molar refractivity (Wildman–Crippen MR) is 95.3 cm³/mol. The summed E-state index contributed by atoms with van der Waals surface area (Å²) in [6.45, 7) is 4.46. The fourth-order valence-electron chi connectivity index (χ4n) is 2.43. The van der Waals surface area contributed by atoms with Gasteiger partial charge in [-0.05, 0) is 49.3 Å². The minimum absolute atomic E-state index is 0.318. The number of hydrogen-bond acceptors (Lipinski definition) is 2. The highest BCUT2D eigenvalue weighted by atomic mass is 32.2. The van der Waals surface area contributed by atoms with Crippen molar-refractivity contribution in [3.05, 3.63) is 59.7 Å². The van der Waals surface area contributed by atoms with Crippen LogP contribution < -0.4 is 5.32 Å². The Hall–Kier alpha value is -1.41. The SMILES string of the molecule is CCCCc1ccc(C(C)Nc2ccccc2SC)cc1. The Morgan fingerprint density at radius 3 is 2.43 bits per heavy atom. The fourth-order valence-corrected chi connectivity index (χ4v) is 3.00. The van der Waals surface area contributed by atoms with Crippen LogP contribution in [0.5, 0.6) is 0 Å². The van der Waals surface area contributed by atoms with Crippen LogP contribution in [0.3, 0.4) is 0 Å². The maximum atomic E-state index is 3.62. The molecule has 0 saturated heterocycles. The molecule has 0 spiro atoms. The van der Waals surface area contributed by atoms with Gasteiger partial charge in [-0.25, -0.2) is 0 Å². The Kier molecular flexibility index (Phi) is 6.19. The highest BCUT2D eigenvalue weighted by Crippen LogP contribution is 2.28. The molecule has 0 radical (unpaired) electrons. The molecular formula is C19H25NS. The Morgan fingerprint density at radius 1 is 1.05 bits per heavy atom. The zero-order valence-corrected chi connectivity index (χ0v) is 14.0. The summed E-state index contributed by atoms with van der Waals surface area (Å²) < 4.78 is 0. The maximum Gasteiger partial charge on any atom is 0.0486 e. The van der Waals surface area contributed by atoms with E-state index in [4.69, 9.17) is 0 Å². The third kappa shape index (κ3) is 4.53. The van der Waals surface area contributed by atoms with E-state index in [0.717, 1.165) is 0 Å². The number of benzene rings is 2. The van der Waals surface area contributed by atoms with E-state index in [2.05, 4.69) is 74.0 Å². The first kappa shape index (κ1) is 16.0. The van der Waals surface area contributed by atoms with E-state index in [1.54, 1.807) is 11.8 Å². The zero-order valence-electron chi connectivity index (χ0n) is 13.2. The van der Waals surface area contributed by atoms with Gasteiger partial charge in [0.25, 0.3) is 0 Å². The van der Waals surface area contributed by atoms with Gasteiger partial charge in [0.1, 0.15) is 0 Å². The molecule has 1 atom stereocenters. The number of unbranched alkanes of at least 4 members (excludes halogenated alkanes) is 1. The summed E-state index contributed by atoms with van der Waals surface area (Å²) in [5.41, 5.74) is 4.00. The molecule has 2 heteroatoms. The smallest absolute Gasteiger partial charge is 0.0486 e. The van der Waals surface area contributed by atoms with Crippen molar-refractivity contribution in [3.63, 3.8) is 0 Å². The molecule has 1 N–H and O–H groups in total. The fraction of sp³-hybridized carbons (Fsp3) is 0.368. The van der Waals surface area contributed by atoms with Crippen LogP contribution in [0.4, 0.5) is 5.69 Å². The summed E-state index contributed by atoms with van der Waals surface area (Å²) in [4.78, 5) is 1.30. The number of rotatable bonds is 7. The lowest BCUT2D eigenvalue weighted by molar-refractivity contribution is 0.793. The van der Waals surface area contributed by atoms with Crippen LogP contribution in [0, 0.1) is 0 Å². The molecule has 0 fully saturated rings. The molecule has 2 aromatic carbocycles. The molecule has 2 aromatic rings. The van der Waals surface area contributed by atoms with E-state index < -0.39 is 0 Å². The molecule has 21 heavy (non-hydrogen) atoms. The van der Waals surface area contributed by atoms with Gasteiger partial charge in [0.05, 0.1) is 0 Å². The molecule has 0 bridgehead atoms. The lowest BCUT2D eigenvalue weighted by atomic mass is 10.0. The van der Waals surface area contributed by atoms with E-state index >= 15 is 0 Å². The highest BCUT2D eigenvalue weighted by Gasteiger charge is 2.07. The summed E-state index contributed by atoms with van der Waals surface area (Å²) in [7, 11) is 0. The summed E-state index contributed by atoms with van der Waals surface area (Å²) in [5.74, 6) is 0. The molecule has 0 saturated carbocycles. The second-order valence-corrected chi connectivity index (χ2v) is 6.26. The van der Waals surface area contributed by atoms with Gasteiger partial charge in [0.15, 0.2) is 0 Å². The number of aryl methyl sites for hydroxylation is 1. The Bertz CT molecular complexity index is 548. The van der Waals surface area contributed by atoms with Crippen molar-refractivity contribution < 1.29 is 0 Å². The van der Waals surface area contributed by atoms with Gasteiger partial charge in [-0.15, -0.1) is 11.8 Å². The molecule has 0 aliphatic carbocycles. The second kappa shape index (κ2) is 8.14. The van der Waals surface area contributed by atoms with Gasteiger partial charge in [-0.3, -0.25) is 0 Å². The average molecular weight is 299 g/mol. The van der Waals surface area contributed by atoms with Crippen LogP contribution >= 0.6 is 11.8 Å². The quantitative estimate of drug-likeness (QED) is 0.636. The van der Waals surface area contributed by atoms with Crippen molar-refractivity contribution in [2.75, 3.05) is 11.6 Å². The molecule has 112 valence electrons. The Labute approximate surface area is 133 Å². The van der Waals surface area contributed by atoms with Crippen LogP contribution in [-0.2, 0) is 6.42 Å². The lowest BCUT2D eigenvalue weighted by Crippen LogP contribution is -2.07. The van der Waals surface area contributed by atoms with Crippen LogP contribution in [0.25, 0.3) is 0 Å². The molecule has 2 rings (SSSR count). The number of hydrogen-bond donors (Lipinski definition) is 1. The predicted octanol–water partition coefficient (Wildman–Crippen LogP) is 5.92. The van der Waals surface area contributed by atoms with E-state index in [-0.39, 0.29) is 0 Å². The van der Waals surface area contributed by atoms with Crippen molar-refractivity contribution in [3.8, 4) is 0 Å². The number of para-hydroxylation sites is 1. The maximum absolute atomic E-state index is 3.62. The van der Waals surface area contributed by atoms with Crippen LogP contribution in [0.15, 0.2) is 53.4 Å². The van der Waals surface area contributed by atoms with Crippen molar-refractivity contribution in [1.29, 1.82) is 0 Å². The third-order valence-corrected chi connectivity index (χ3v) is 4.57. The first-order valence-corrected chi connectivity index (χ1v) is 8.95. The van der Waals surface area contributed by atoms with Gasteiger partial charge >= 0.3 is 0 Å². The largest absolute Gasteiger partial charge is 0.378 e. The van der Waals surface area contributed by atoms with Crippen LogP contribution in [0.2, 0.25) is 0 Å². The Morgan fingerprint density at radius 2 is 1.76 bits per heavy atom. The molecule has 1 nitrogen and oxygen atoms in total. The van der Waals surface area contributed by atoms with Crippen molar-refractivity contribution >= 4 is 17.4 Å². The van der Waals surface area contributed by atoms with Gasteiger partial charge in [0.2, 0.25) is 0 Å². The minimum Gasteiger partial charge on any atom is -0.378 e. The van der Waals surface area contributed by atoms with Gasteiger partial charge < -0.3 is 5.32 Å². The van der Waals surface area contributed by atoms with Crippen LogP contribution in [0.1, 0.15) is 43.9 Å². The van der Waals surface area contributed by atoms with Crippen molar-refractivity contribution in [2.45, 2.75) is 44.0 Å².